The Morgan fingerprint density at radius 2 is 2.09 bits per heavy atom. The van der Waals surface area contributed by atoms with E-state index in [0.29, 0.717) is 5.56 Å². The fraction of sp³-hybridized carbons (Fsp3) is 0.333. The lowest BCUT2D eigenvalue weighted by atomic mass is 10.1. The molecule has 2 aromatic rings. The van der Waals surface area contributed by atoms with Crippen LogP contribution in [0, 0.1) is 0 Å². The number of fused-ring (bicyclic) bond motifs is 1. The zero-order valence-electron chi connectivity index (χ0n) is 13.1. The number of carbonyl (C=O) groups is 1. The molecule has 0 aliphatic carbocycles. The second kappa shape index (κ2) is 6.28. The van der Waals surface area contributed by atoms with Gasteiger partial charge in [-0.05, 0) is 42.8 Å². The molecule has 1 aromatic heterocycles. The summed E-state index contributed by atoms with van der Waals surface area (Å²) in [6, 6.07) is 9.77. The van der Waals surface area contributed by atoms with Crippen LogP contribution < -0.4 is 5.32 Å². The van der Waals surface area contributed by atoms with Crippen molar-refractivity contribution in [2.24, 2.45) is 0 Å². The van der Waals surface area contributed by atoms with E-state index in [9.17, 15) is 4.79 Å². The summed E-state index contributed by atoms with van der Waals surface area (Å²) in [4.78, 5) is 19.0. The minimum atomic E-state index is -0.0893. The zero-order valence-corrected chi connectivity index (χ0v) is 13.1. The molecule has 0 spiro atoms. The number of pyridine rings is 1. The number of hydrogen-bond donors (Lipinski definition) is 1. The predicted octanol–water partition coefficient (Wildman–Crippen LogP) is 2.88. The van der Waals surface area contributed by atoms with Gasteiger partial charge in [0.2, 0.25) is 0 Å². The number of aromatic nitrogens is 1. The van der Waals surface area contributed by atoms with E-state index in [-0.39, 0.29) is 5.91 Å². The first-order chi connectivity index (χ1) is 10.7. The second-order valence-electron chi connectivity index (χ2n) is 5.82. The van der Waals surface area contributed by atoms with Gasteiger partial charge in [0.05, 0.1) is 11.9 Å². The fourth-order valence-corrected chi connectivity index (χ4v) is 2.73. The zero-order chi connectivity index (χ0) is 15.5. The van der Waals surface area contributed by atoms with Gasteiger partial charge in [-0.15, -0.1) is 0 Å². The number of carbonyl (C=O) groups excluding carboxylic acids is 1. The molecule has 0 fully saturated rings. The molecule has 0 saturated carbocycles. The third-order valence-electron chi connectivity index (χ3n) is 4.11. The minimum Gasteiger partial charge on any atom is -0.321 e. The fourth-order valence-electron chi connectivity index (χ4n) is 2.73. The molecule has 0 bridgehead atoms. The van der Waals surface area contributed by atoms with Gasteiger partial charge in [-0.2, -0.15) is 0 Å². The molecule has 1 aliphatic heterocycles. The van der Waals surface area contributed by atoms with E-state index in [0.717, 1.165) is 37.3 Å². The van der Waals surface area contributed by atoms with Gasteiger partial charge >= 0.3 is 0 Å². The van der Waals surface area contributed by atoms with E-state index in [2.05, 4.69) is 29.2 Å². The smallest absolute Gasteiger partial charge is 0.255 e. The van der Waals surface area contributed by atoms with Gasteiger partial charge in [-0.1, -0.05) is 19.1 Å². The van der Waals surface area contributed by atoms with Crippen molar-refractivity contribution in [3.8, 4) is 0 Å². The van der Waals surface area contributed by atoms with E-state index in [1.807, 2.05) is 30.3 Å². The lowest BCUT2D eigenvalue weighted by molar-refractivity contribution is 0.102. The van der Waals surface area contributed by atoms with E-state index >= 15 is 0 Å². The van der Waals surface area contributed by atoms with Gasteiger partial charge in [0.15, 0.2) is 0 Å². The van der Waals surface area contributed by atoms with Crippen LogP contribution in [0.4, 0.5) is 5.69 Å². The molecule has 0 unspecified atom stereocenters. The Hall–Kier alpha value is -2.20. The summed E-state index contributed by atoms with van der Waals surface area (Å²) >= 11 is 0. The summed E-state index contributed by atoms with van der Waals surface area (Å²) in [5.41, 5.74) is 5.01. The molecule has 114 valence electrons. The van der Waals surface area contributed by atoms with Crippen molar-refractivity contribution in [1.82, 2.24) is 9.88 Å². The Morgan fingerprint density at radius 3 is 2.82 bits per heavy atom. The van der Waals surface area contributed by atoms with Gasteiger partial charge in [0.1, 0.15) is 0 Å². The molecular weight excluding hydrogens is 274 g/mol. The van der Waals surface area contributed by atoms with Gasteiger partial charge in [0.25, 0.3) is 5.91 Å². The van der Waals surface area contributed by atoms with Crippen molar-refractivity contribution in [2.45, 2.75) is 26.3 Å². The Kier molecular flexibility index (Phi) is 4.20. The number of amides is 1. The highest BCUT2D eigenvalue weighted by atomic mass is 16.1. The number of hydrogen-bond acceptors (Lipinski definition) is 3. The molecule has 4 heteroatoms. The lowest BCUT2D eigenvalue weighted by Crippen LogP contribution is -2.27. The monoisotopic (exact) mass is 295 g/mol. The van der Waals surface area contributed by atoms with Crippen LogP contribution in [0.15, 0.2) is 36.5 Å². The molecule has 1 aromatic carbocycles. The maximum atomic E-state index is 12.3. The number of rotatable bonds is 3. The summed E-state index contributed by atoms with van der Waals surface area (Å²) < 4.78 is 0. The molecule has 0 saturated heterocycles. The Balaban J connectivity index is 1.74. The van der Waals surface area contributed by atoms with Gasteiger partial charge in [-0.25, -0.2) is 0 Å². The largest absolute Gasteiger partial charge is 0.321 e. The average Bonchev–Trinajstić information content (AvgIpc) is 2.54. The lowest BCUT2D eigenvalue weighted by Gasteiger charge is -2.24. The third-order valence-corrected chi connectivity index (χ3v) is 4.11. The molecule has 1 amide bonds. The number of benzene rings is 1. The van der Waals surface area contributed by atoms with Crippen LogP contribution in [0.3, 0.4) is 0 Å². The topological polar surface area (TPSA) is 45.2 Å². The van der Waals surface area contributed by atoms with Crippen molar-refractivity contribution < 1.29 is 4.79 Å². The van der Waals surface area contributed by atoms with Crippen LogP contribution >= 0.6 is 0 Å². The molecule has 1 aliphatic rings. The molecule has 4 nitrogen and oxygen atoms in total. The summed E-state index contributed by atoms with van der Waals surface area (Å²) in [5, 5.41) is 2.94. The third kappa shape index (κ3) is 3.17. The Bertz CT molecular complexity index is 679. The minimum absolute atomic E-state index is 0.0893. The molecule has 2 heterocycles. The summed E-state index contributed by atoms with van der Waals surface area (Å²) in [6.07, 6.45) is 3.70. The van der Waals surface area contributed by atoms with E-state index in [1.165, 1.54) is 11.1 Å². The highest BCUT2D eigenvalue weighted by Gasteiger charge is 2.15. The SMILES string of the molecule is CCc1ccc(C(=O)Nc2cnc3c(c2)CN(C)CC3)cc1. The van der Waals surface area contributed by atoms with E-state index in [1.54, 1.807) is 6.20 Å². The highest BCUT2D eigenvalue weighted by molar-refractivity contribution is 6.04. The molecule has 0 atom stereocenters. The van der Waals surface area contributed by atoms with Crippen LogP contribution in [0.25, 0.3) is 0 Å². The first-order valence-electron chi connectivity index (χ1n) is 7.72. The molecule has 3 rings (SSSR count). The van der Waals surface area contributed by atoms with Crippen molar-refractivity contribution in [2.75, 3.05) is 18.9 Å². The quantitative estimate of drug-likeness (QED) is 0.947. The summed E-state index contributed by atoms with van der Waals surface area (Å²) in [7, 11) is 2.10. The summed E-state index contributed by atoms with van der Waals surface area (Å²) in [5.74, 6) is -0.0893. The van der Waals surface area contributed by atoms with Crippen LogP contribution in [0.5, 0.6) is 0 Å². The average molecular weight is 295 g/mol. The maximum Gasteiger partial charge on any atom is 0.255 e. The van der Waals surface area contributed by atoms with Crippen molar-refractivity contribution in [3.63, 3.8) is 0 Å². The first kappa shape index (κ1) is 14.7. The number of likely N-dealkylation sites (N-methyl/N-ethyl adjacent to an activating group) is 1. The van der Waals surface area contributed by atoms with E-state index < -0.39 is 0 Å². The van der Waals surface area contributed by atoms with Crippen LogP contribution in [0.2, 0.25) is 0 Å². The predicted molar refractivity (Wildman–Crippen MR) is 88.0 cm³/mol. The Morgan fingerprint density at radius 1 is 1.32 bits per heavy atom. The number of aryl methyl sites for hydroxylation is 1. The van der Waals surface area contributed by atoms with Crippen LogP contribution in [-0.2, 0) is 19.4 Å². The first-order valence-corrected chi connectivity index (χ1v) is 7.72. The highest BCUT2D eigenvalue weighted by Crippen LogP contribution is 2.20. The van der Waals surface area contributed by atoms with E-state index in [4.69, 9.17) is 0 Å². The number of nitrogens with one attached hydrogen (secondary N) is 1. The van der Waals surface area contributed by atoms with Gasteiger partial charge < -0.3 is 10.2 Å². The number of nitrogens with zero attached hydrogens (tertiary/aromatic N) is 2. The van der Waals surface area contributed by atoms with Crippen molar-refractivity contribution >= 4 is 11.6 Å². The van der Waals surface area contributed by atoms with Crippen molar-refractivity contribution in [3.05, 3.63) is 58.9 Å². The molecule has 0 radical (unpaired) electrons. The standard InChI is InChI=1S/C18H21N3O/c1-3-13-4-6-14(7-5-13)18(22)20-16-10-15-12-21(2)9-8-17(15)19-11-16/h4-7,10-11H,3,8-9,12H2,1-2H3,(H,20,22). The Labute approximate surface area is 131 Å². The molecule has 1 N–H and O–H groups in total. The molecule has 22 heavy (non-hydrogen) atoms. The van der Waals surface area contributed by atoms with Gasteiger partial charge in [0, 0.05) is 30.8 Å². The van der Waals surface area contributed by atoms with Gasteiger partial charge in [-0.3, -0.25) is 9.78 Å². The maximum absolute atomic E-state index is 12.3. The normalized spacial score (nSPS) is 14.5. The summed E-state index contributed by atoms with van der Waals surface area (Å²) in [6.45, 7) is 4.03. The van der Waals surface area contributed by atoms with Crippen LogP contribution in [-0.4, -0.2) is 29.4 Å². The second-order valence-corrected chi connectivity index (χ2v) is 5.82. The van der Waals surface area contributed by atoms with Crippen molar-refractivity contribution in [1.29, 1.82) is 0 Å². The molecular formula is C18H21N3O. The number of anilines is 1. The van der Waals surface area contributed by atoms with Crippen LogP contribution in [0.1, 0.15) is 34.1 Å².